The molecule has 8 aromatic rings. The van der Waals surface area contributed by atoms with Gasteiger partial charge in [0, 0.05) is 42.5 Å². The molecule has 0 N–H and O–H groups in total. The summed E-state index contributed by atoms with van der Waals surface area (Å²) in [6.45, 7) is 6.74. The molecule has 0 aliphatic carbocycles. The number of hydrogen-bond acceptors (Lipinski definition) is 3. The van der Waals surface area contributed by atoms with Gasteiger partial charge in [-0.05, 0) is 59.0 Å². The summed E-state index contributed by atoms with van der Waals surface area (Å²) < 4.78 is 9.23. The summed E-state index contributed by atoms with van der Waals surface area (Å²) in [6.07, 6.45) is 0. The van der Waals surface area contributed by atoms with Gasteiger partial charge in [0.2, 0.25) is 0 Å². The highest BCUT2D eigenvalue weighted by Crippen LogP contribution is 2.46. The molecule has 0 saturated carbocycles. The Balaban J connectivity index is 1.38. The standard InChI is InChI=1S/C40H31NOS/c1-40(2,3)33-15-9-14-32-38-34(16-10-17-35(38)42-39(32)33)41(28-21-19-27(20-22-28)26-11-5-4-6-12-26)29-23-24-31-30-13-7-8-18-36(30)43-37(31)25-29/h4-25H,1-3H3. The van der Waals surface area contributed by atoms with Crippen LogP contribution < -0.4 is 4.90 Å². The quantitative estimate of drug-likeness (QED) is 0.208. The Morgan fingerprint density at radius 1 is 0.558 bits per heavy atom. The van der Waals surface area contributed by atoms with E-state index in [1.54, 1.807) is 0 Å². The minimum atomic E-state index is -0.0350. The maximum Gasteiger partial charge on any atom is 0.139 e. The van der Waals surface area contributed by atoms with Crippen molar-refractivity contribution in [2.45, 2.75) is 26.2 Å². The van der Waals surface area contributed by atoms with Crippen LogP contribution in [0.25, 0.3) is 53.2 Å². The van der Waals surface area contributed by atoms with E-state index >= 15 is 0 Å². The van der Waals surface area contributed by atoms with Crippen LogP contribution in [0.3, 0.4) is 0 Å². The minimum absolute atomic E-state index is 0.0350. The minimum Gasteiger partial charge on any atom is -0.456 e. The Morgan fingerprint density at radius 2 is 1.23 bits per heavy atom. The van der Waals surface area contributed by atoms with Crippen molar-refractivity contribution < 1.29 is 4.42 Å². The van der Waals surface area contributed by atoms with Crippen LogP contribution >= 0.6 is 11.3 Å². The Kier molecular flexibility index (Phi) is 5.92. The molecule has 0 radical (unpaired) electrons. The average Bonchev–Trinajstić information content (AvgIpc) is 3.60. The Bertz CT molecular complexity index is 2270. The summed E-state index contributed by atoms with van der Waals surface area (Å²) in [7, 11) is 0. The summed E-state index contributed by atoms with van der Waals surface area (Å²) >= 11 is 1.85. The van der Waals surface area contributed by atoms with E-state index in [9.17, 15) is 0 Å². The lowest BCUT2D eigenvalue weighted by atomic mass is 9.86. The molecule has 0 atom stereocenters. The molecule has 0 aliphatic rings. The number of hydrogen-bond donors (Lipinski definition) is 0. The molecule has 0 aliphatic heterocycles. The van der Waals surface area contributed by atoms with Crippen molar-refractivity contribution in [1.82, 2.24) is 0 Å². The first-order chi connectivity index (χ1) is 21.0. The van der Waals surface area contributed by atoms with Crippen molar-refractivity contribution in [3.63, 3.8) is 0 Å². The summed E-state index contributed by atoms with van der Waals surface area (Å²) in [5.74, 6) is 0. The normalized spacial score (nSPS) is 12.1. The zero-order chi connectivity index (χ0) is 29.1. The van der Waals surface area contributed by atoms with E-state index in [2.05, 4.69) is 159 Å². The van der Waals surface area contributed by atoms with E-state index in [0.717, 1.165) is 39.0 Å². The van der Waals surface area contributed by atoms with Gasteiger partial charge in [0.1, 0.15) is 11.2 Å². The van der Waals surface area contributed by atoms with Gasteiger partial charge in [-0.2, -0.15) is 0 Å². The van der Waals surface area contributed by atoms with E-state index in [4.69, 9.17) is 4.42 Å². The van der Waals surface area contributed by atoms with Crippen molar-refractivity contribution in [2.24, 2.45) is 0 Å². The van der Waals surface area contributed by atoms with E-state index < -0.39 is 0 Å². The Hall–Kier alpha value is -4.86. The number of nitrogens with zero attached hydrogens (tertiary/aromatic N) is 1. The number of rotatable bonds is 4. The van der Waals surface area contributed by atoms with Crippen LogP contribution in [0.4, 0.5) is 17.1 Å². The molecule has 2 heterocycles. The fourth-order valence-electron chi connectivity index (χ4n) is 6.32. The third-order valence-electron chi connectivity index (χ3n) is 8.40. The molecule has 8 rings (SSSR count). The molecule has 0 fully saturated rings. The Morgan fingerprint density at radius 3 is 2.05 bits per heavy atom. The lowest BCUT2D eigenvalue weighted by Gasteiger charge is -2.26. The van der Waals surface area contributed by atoms with Crippen molar-refractivity contribution in [3.05, 3.63) is 139 Å². The smallest absolute Gasteiger partial charge is 0.139 e. The molecule has 0 unspecified atom stereocenters. The molecule has 43 heavy (non-hydrogen) atoms. The topological polar surface area (TPSA) is 16.4 Å². The largest absolute Gasteiger partial charge is 0.456 e. The predicted octanol–water partition coefficient (Wildman–Crippen LogP) is 12.4. The molecule has 208 valence electrons. The molecule has 2 nitrogen and oxygen atoms in total. The number of furan rings is 1. The van der Waals surface area contributed by atoms with Gasteiger partial charge in [-0.1, -0.05) is 112 Å². The summed E-state index contributed by atoms with van der Waals surface area (Å²) in [6, 6.07) is 48.0. The van der Waals surface area contributed by atoms with Gasteiger partial charge in [-0.15, -0.1) is 11.3 Å². The lowest BCUT2D eigenvalue weighted by Crippen LogP contribution is -2.11. The molecule has 6 aromatic carbocycles. The molecule has 0 amide bonds. The molecule has 2 aromatic heterocycles. The maximum atomic E-state index is 6.64. The van der Waals surface area contributed by atoms with Crippen molar-refractivity contribution >= 4 is 70.5 Å². The zero-order valence-corrected chi connectivity index (χ0v) is 25.3. The highest BCUT2D eigenvalue weighted by atomic mass is 32.1. The first kappa shape index (κ1) is 25.8. The number of thiophene rings is 1. The lowest BCUT2D eigenvalue weighted by molar-refractivity contribution is 0.573. The van der Waals surface area contributed by atoms with Gasteiger partial charge in [0.15, 0.2) is 0 Å². The van der Waals surface area contributed by atoms with Crippen LogP contribution in [0.15, 0.2) is 138 Å². The number of anilines is 3. The van der Waals surface area contributed by atoms with E-state index in [-0.39, 0.29) is 5.41 Å². The second-order valence-electron chi connectivity index (χ2n) is 12.2. The number of para-hydroxylation sites is 1. The molecule has 0 bridgehead atoms. The summed E-state index contributed by atoms with van der Waals surface area (Å²) in [5.41, 5.74) is 8.81. The van der Waals surface area contributed by atoms with Crippen molar-refractivity contribution in [1.29, 1.82) is 0 Å². The second-order valence-corrected chi connectivity index (χ2v) is 13.3. The monoisotopic (exact) mass is 573 g/mol. The maximum absolute atomic E-state index is 6.64. The van der Waals surface area contributed by atoms with Crippen molar-refractivity contribution in [3.8, 4) is 11.1 Å². The van der Waals surface area contributed by atoms with E-state index in [0.29, 0.717) is 0 Å². The Labute approximate surface area is 255 Å². The van der Waals surface area contributed by atoms with Gasteiger partial charge < -0.3 is 9.32 Å². The molecule has 0 spiro atoms. The van der Waals surface area contributed by atoms with Crippen LogP contribution in [-0.2, 0) is 5.41 Å². The number of benzene rings is 6. The van der Waals surface area contributed by atoms with E-state index in [1.165, 1.54) is 36.9 Å². The average molecular weight is 574 g/mol. The third-order valence-corrected chi connectivity index (χ3v) is 9.54. The van der Waals surface area contributed by atoms with Gasteiger partial charge in [0.05, 0.1) is 11.1 Å². The molecule has 3 heteroatoms. The SMILES string of the molecule is CC(C)(C)c1cccc2c1oc1cccc(N(c3ccc(-c4ccccc4)cc3)c3ccc4c(c3)sc3ccccc34)c12. The fraction of sp³-hybridized carbons (Fsp3) is 0.100. The highest BCUT2D eigenvalue weighted by molar-refractivity contribution is 7.25. The van der Waals surface area contributed by atoms with Crippen LogP contribution in [0.5, 0.6) is 0 Å². The van der Waals surface area contributed by atoms with Gasteiger partial charge in [0.25, 0.3) is 0 Å². The van der Waals surface area contributed by atoms with Crippen LogP contribution in [-0.4, -0.2) is 0 Å². The molecular formula is C40H31NOS. The third kappa shape index (κ3) is 4.31. The van der Waals surface area contributed by atoms with E-state index in [1.807, 2.05) is 11.3 Å². The molecular weight excluding hydrogens is 543 g/mol. The number of fused-ring (bicyclic) bond motifs is 6. The van der Waals surface area contributed by atoms with Crippen LogP contribution in [0, 0.1) is 0 Å². The summed E-state index contributed by atoms with van der Waals surface area (Å²) in [4.78, 5) is 2.39. The van der Waals surface area contributed by atoms with Gasteiger partial charge in [-0.3, -0.25) is 0 Å². The predicted molar refractivity (Wildman–Crippen MR) is 185 cm³/mol. The fourth-order valence-corrected chi connectivity index (χ4v) is 7.46. The molecule has 0 saturated heterocycles. The zero-order valence-electron chi connectivity index (χ0n) is 24.5. The van der Waals surface area contributed by atoms with Gasteiger partial charge >= 0.3 is 0 Å². The van der Waals surface area contributed by atoms with Gasteiger partial charge in [-0.25, -0.2) is 0 Å². The summed E-state index contributed by atoms with van der Waals surface area (Å²) in [5, 5.41) is 4.88. The van der Waals surface area contributed by atoms with Crippen LogP contribution in [0.2, 0.25) is 0 Å². The van der Waals surface area contributed by atoms with Crippen LogP contribution in [0.1, 0.15) is 26.3 Å². The first-order valence-electron chi connectivity index (χ1n) is 14.8. The second kappa shape index (κ2) is 9.86. The van der Waals surface area contributed by atoms with Crippen molar-refractivity contribution in [2.75, 3.05) is 4.90 Å². The highest BCUT2D eigenvalue weighted by Gasteiger charge is 2.24. The first-order valence-corrected chi connectivity index (χ1v) is 15.6.